The highest BCUT2D eigenvalue weighted by Crippen LogP contribution is 2.14. The van der Waals surface area contributed by atoms with Crippen molar-refractivity contribution in [1.29, 1.82) is 0 Å². The van der Waals surface area contributed by atoms with Crippen molar-refractivity contribution in [3.63, 3.8) is 0 Å². The zero-order valence-electron chi connectivity index (χ0n) is 8.51. The molecule has 0 unspecified atom stereocenters. The summed E-state index contributed by atoms with van der Waals surface area (Å²) in [4.78, 5) is 16.4. The maximum atomic E-state index is 11.1. The number of amides is 1. The van der Waals surface area contributed by atoms with E-state index in [9.17, 15) is 4.79 Å². The second kappa shape index (κ2) is 4.76. The Morgan fingerprint density at radius 3 is 3.00 bits per heavy atom. The van der Waals surface area contributed by atoms with Crippen molar-refractivity contribution in [2.75, 3.05) is 5.32 Å². The van der Waals surface area contributed by atoms with Gasteiger partial charge in [0.2, 0.25) is 0 Å². The Kier molecular flexibility index (Phi) is 3.16. The van der Waals surface area contributed by atoms with E-state index < -0.39 is 5.91 Å². The minimum atomic E-state index is -0.471. The first-order valence-electron chi connectivity index (χ1n) is 4.78. The quantitative estimate of drug-likeness (QED) is 0.846. The van der Waals surface area contributed by atoms with Crippen molar-refractivity contribution in [3.8, 4) is 0 Å². The highest BCUT2D eigenvalue weighted by Gasteiger charge is 2.07. The molecular weight excluding hydrogens is 222 g/mol. The van der Waals surface area contributed by atoms with Crippen LogP contribution in [0.25, 0.3) is 0 Å². The Labute approximate surface area is 97.1 Å². The van der Waals surface area contributed by atoms with E-state index in [4.69, 9.17) is 5.73 Å². The van der Waals surface area contributed by atoms with E-state index in [0.717, 1.165) is 0 Å². The van der Waals surface area contributed by atoms with Crippen molar-refractivity contribution in [2.45, 2.75) is 6.54 Å². The lowest BCUT2D eigenvalue weighted by molar-refractivity contribution is 0.100. The summed E-state index contributed by atoms with van der Waals surface area (Å²) in [6.45, 7) is 0.648. The van der Waals surface area contributed by atoms with Gasteiger partial charge in [-0.15, -0.1) is 11.3 Å². The van der Waals surface area contributed by atoms with Gasteiger partial charge in [-0.1, -0.05) is 6.07 Å². The van der Waals surface area contributed by atoms with Crippen LogP contribution in [0.15, 0.2) is 35.8 Å². The van der Waals surface area contributed by atoms with Crippen molar-refractivity contribution in [1.82, 2.24) is 4.98 Å². The molecule has 0 saturated carbocycles. The number of aromatic nitrogens is 1. The first-order chi connectivity index (χ1) is 7.77. The SMILES string of the molecule is NC(=O)c1cccnc1NCc1cccs1. The number of nitrogens with zero attached hydrogens (tertiary/aromatic N) is 1. The fourth-order valence-corrected chi connectivity index (χ4v) is 1.97. The lowest BCUT2D eigenvalue weighted by Gasteiger charge is -2.07. The van der Waals surface area contributed by atoms with Gasteiger partial charge in [0.25, 0.3) is 5.91 Å². The number of pyridine rings is 1. The van der Waals surface area contributed by atoms with Gasteiger partial charge in [0, 0.05) is 11.1 Å². The monoisotopic (exact) mass is 233 g/mol. The molecule has 0 fully saturated rings. The Morgan fingerprint density at radius 1 is 1.44 bits per heavy atom. The van der Waals surface area contributed by atoms with Crippen LogP contribution in [0, 0.1) is 0 Å². The lowest BCUT2D eigenvalue weighted by Crippen LogP contribution is -2.15. The van der Waals surface area contributed by atoms with E-state index in [-0.39, 0.29) is 0 Å². The number of primary amides is 1. The molecule has 82 valence electrons. The molecule has 0 spiro atoms. The molecule has 0 radical (unpaired) electrons. The molecule has 0 bridgehead atoms. The number of hydrogen-bond donors (Lipinski definition) is 2. The molecule has 1 amide bonds. The number of carbonyl (C=O) groups excluding carboxylic acids is 1. The molecule has 0 aromatic carbocycles. The summed E-state index contributed by atoms with van der Waals surface area (Å²) in [5.74, 6) is 0.0604. The van der Waals surface area contributed by atoms with Crippen molar-refractivity contribution < 1.29 is 4.79 Å². The second-order valence-electron chi connectivity index (χ2n) is 3.20. The number of anilines is 1. The molecule has 2 rings (SSSR count). The number of nitrogens with one attached hydrogen (secondary N) is 1. The van der Waals surface area contributed by atoms with Crippen molar-refractivity contribution in [2.24, 2.45) is 5.73 Å². The van der Waals surface area contributed by atoms with Crippen LogP contribution < -0.4 is 11.1 Å². The fraction of sp³-hybridized carbons (Fsp3) is 0.0909. The van der Waals surface area contributed by atoms with Gasteiger partial charge in [0.1, 0.15) is 5.82 Å². The molecule has 4 nitrogen and oxygen atoms in total. The molecule has 0 aliphatic heterocycles. The van der Waals surface area contributed by atoms with E-state index in [1.54, 1.807) is 29.7 Å². The molecule has 0 saturated heterocycles. The fourth-order valence-electron chi connectivity index (χ4n) is 1.33. The minimum absolute atomic E-state index is 0.416. The predicted molar refractivity (Wildman–Crippen MR) is 64.4 cm³/mol. The van der Waals surface area contributed by atoms with Crippen molar-refractivity contribution in [3.05, 3.63) is 46.3 Å². The smallest absolute Gasteiger partial charge is 0.252 e. The number of hydrogen-bond acceptors (Lipinski definition) is 4. The lowest BCUT2D eigenvalue weighted by atomic mass is 10.2. The van der Waals surface area contributed by atoms with Gasteiger partial charge in [-0.2, -0.15) is 0 Å². The van der Waals surface area contributed by atoms with Crippen LogP contribution in [0.3, 0.4) is 0 Å². The van der Waals surface area contributed by atoms with Gasteiger partial charge in [-0.05, 0) is 23.6 Å². The van der Waals surface area contributed by atoms with Crippen LogP contribution in [0.1, 0.15) is 15.2 Å². The molecule has 3 N–H and O–H groups in total. The van der Waals surface area contributed by atoms with Gasteiger partial charge in [0.05, 0.1) is 12.1 Å². The summed E-state index contributed by atoms with van der Waals surface area (Å²) in [5.41, 5.74) is 5.66. The van der Waals surface area contributed by atoms with Crippen LogP contribution in [0.4, 0.5) is 5.82 Å². The number of rotatable bonds is 4. The Bertz CT molecular complexity index is 482. The number of nitrogens with two attached hydrogens (primary N) is 1. The predicted octanol–water partition coefficient (Wildman–Crippen LogP) is 1.85. The van der Waals surface area contributed by atoms with Gasteiger partial charge in [-0.25, -0.2) is 4.98 Å². The van der Waals surface area contributed by atoms with Crippen LogP contribution >= 0.6 is 11.3 Å². The van der Waals surface area contributed by atoms with Gasteiger partial charge < -0.3 is 11.1 Å². The van der Waals surface area contributed by atoms with Crippen LogP contribution in [0.5, 0.6) is 0 Å². The summed E-state index contributed by atoms with van der Waals surface area (Å²) in [6.07, 6.45) is 1.63. The first kappa shape index (κ1) is 10.6. The van der Waals surface area contributed by atoms with Crippen LogP contribution in [-0.2, 0) is 6.54 Å². The summed E-state index contributed by atoms with van der Waals surface area (Å²) >= 11 is 1.65. The van der Waals surface area contributed by atoms with Crippen LogP contribution in [-0.4, -0.2) is 10.9 Å². The molecular formula is C11H11N3OS. The molecule has 16 heavy (non-hydrogen) atoms. The molecule has 0 atom stereocenters. The molecule has 2 heterocycles. The van der Waals surface area contributed by atoms with E-state index in [1.807, 2.05) is 17.5 Å². The Hall–Kier alpha value is -1.88. The maximum absolute atomic E-state index is 11.1. The summed E-state index contributed by atoms with van der Waals surface area (Å²) < 4.78 is 0. The third-order valence-corrected chi connectivity index (χ3v) is 2.96. The average molecular weight is 233 g/mol. The first-order valence-corrected chi connectivity index (χ1v) is 5.66. The van der Waals surface area contributed by atoms with Gasteiger partial charge >= 0.3 is 0 Å². The standard InChI is InChI=1S/C11H11N3OS/c12-10(15)9-4-1-5-13-11(9)14-7-8-3-2-6-16-8/h1-6H,7H2,(H2,12,15)(H,13,14). The Morgan fingerprint density at radius 2 is 2.31 bits per heavy atom. The molecule has 0 aliphatic carbocycles. The zero-order chi connectivity index (χ0) is 11.4. The highest BCUT2D eigenvalue weighted by molar-refractivity contribution is 7.09. The highest BCUT2D eigenvalue weighted by atomic mass is 32.1. The van der Waals surface area contributed by atoms with E-state index in [0.29, 0.717) is 17.9 Å². The molecule has 2 aromatic heterocycles. The van der Waals surface area contributed by atoms with E-state index in [1.165, 1.54) is 4.88 Å². The second-order valence-corrected chi connectivity index (χ2v) is 4.23. The third-order valence-electron chi connectivity index (χ3n) is 2.08. The van der Waals surface area contributed by atoms with E-state index in [2.05, 4.69) is 10.3 Å². The van der Waals surface area contributed by atoms with E-state index >= 15 is 0 Å². The summed E-state index contributed by atoms with van der Waals surface area (Å²) in [7, 11) is 0. The topological polar surface area (TPSA) is 68.0 Å². The van der Waals surface area contributed by atoms with Gasteiger partial charge in [-0.3, -0.25) is 4.79 Å². The summed E-state index contributed by atoms with van der Waals surface area (Å²) in [5, 5.41) is 5.10. The molecule has 2 aromatic rings. The molecule has 5 heteroatoms. The Balaban J connectivity index is 2.12. The van der Waals surface area contributed by atoms with Gasteiger partial charge in [0.15, 0.2) is 0 Å². The normalized spacial score (nSPS) is 10.0. The average Bonchev–Trinajstić information content (AvgIpc) is 2.79. The zero-order valence-corrected chi connectivity index (χ0v) is 9.33. The van der Waals surface area contributed by atoms with Crippen molar-refractivity contribution >= 4 is 23.1 Å². The maximum Gasteiger partial charge on any atom is 0.252 e. The largest absolute Gasteiger partial charge is 0.365 e. The van der Waals surface area contributed by atoms with Crippen LogP contribution in [0.2, 0.25) is 0 Å². The third kappa shape index (κ3) is 2.38. The minimum Gasteiger partial charge on any atom is -0.365 e. The summed E-state index contributed by atoms with van der Waals surface area (Å²) in [6, 6.07) is 7.35. The number of carbonyl (C=O) groups is 1. The number of thiophene rings is 1. The molecule has 0 aliphatic rings.